The van der Waals surface area contributed by atoms with Crippen LogP contribution in [0.25, 0.3) is 0 Å². The van der Waals surface area contributed by atoms with Crippen molar-refractivity contribution < 1.29 is 17.9 Å². The first-order valence-electron chi connectivity index (χ1n) is 10.3. The first-order chi connectivity index (χ1) is 14.3. The van der Waals surface area contributed by atoms with Crippen LogP contribution in [0.1, 0.15) is 42.5 Å². The van der Waals surface area contributed by atoms with E-state index in [9.17, 15) is 13.2 Å². The number of carbonyl (C=O) groups excluding carboxylic acids is 1. The normalized spacial score (nSPS) is 16.8. The quantitative estimate of drug-likeness (QED) is 0.730. The van der Waals surface area contributed by atoms with Gasteiger partial charge in [-0.05, 0) is 38.3 Å². The number of hydrogen-bond donors (Lipinski definition) is 1. The Labute approximate surface area is 179 Å². The largest absolute Gasteiger partial charge is 0.496 e. The molecule has 2 aromatic carbocycles. The maximum absolute atomic E-state index is 12.8. The lowest BCUT2D eigenvalue weighted by molar-refractivity contribution is -0.126. The monoisotopic (exact) mass is 430 g/mol. The zero-order chi connectivity index (χ0) is 21.7. The molecule has 1 aliphatic heterocycles. The van der Waals surface area contributed by atoms with Gasteiger partial charge in [-0.15, -0.1) is 0 Å². The number of nitrogens with one attached hydrogen (secondary N) is 1. The van der Waals surface area contributed by atoms with E-state index >= 15 is 0 Å². The van der Waals surface area contributed by atoms with E-state index in [1.54, 1.807) is 7.11 Å². The fraction of sp³-hybridized carbons (Fsp3) is 0.435. The molecule has 0 bridgehead atoms. The zero-order valence-electron chi connectivity index (χ0n) is 17.8. The first-order valence-corrected chi connectivity index (χ1v) is 11.9. The average Bonchev–Trinajstić information content (AvgIpc) is 2.73. The molecule has 7 heteroatoms. The molecule has 1 aliphatic rings. The molecule has 6 nitrogen and oxygen atoms in total. The average molecular weight is 431 g/mol. The minimum atomic E-state index is -3.39. The molecule has 0 unspecified atom stereocenters. The molecule has 1 saturated heterocycles. The Balaban J connectivity index is 1.56. The number of methoxy groups -OCH3 is 1. The molecule has 30 heavy (non-hydrogen) atoms. The van der Waals surface area contributed by atoms with E-state index in [0.29, 0.717) is 25.9 Å². The molecule has 1 N–H and O–H groups in total. The summed E-state index contributed by atoms with van der Waals surface area (Å²) in [6.45, 7) is 4.62. The van der Waals surface area contributed by atoms with Crippen molar-refractivity contribution in [2.45, 2.75) is 38.5 Å². The summed E-state index contributed by atoms with van der Waals surface area (Å²) in [4.78, 5) is 12.7. The summed E-state index contributed by atoms with van der Waals surface area (Å²) in [7, 11) is -1.78. The van der Waals surface area contributed by atoms with Crippen LogP contribution in [0.5, 0.6) is 5.75 Å². The van der Waals surface area contributed by atoms with Crippen LogP contribution in [0.15, 0.2) is 48.5 Å². The molecule has 1 heterocycles. The topological polar surface area (TPSA) is 75.7 Å². The van der Waals surface area contributed by atoms with Crippen molar-refractivity contribution in [3.05, 3.63) is 65.2 Å². The van der Waals surface area contributed by atoms with Crippen molar-refractivity contribution in [1.82, 2.24) is 9.62 Å². The Morgan fingerprint density at radius 2 is 1.87 bits per heavy atom. The van der Waals surface area contributed by atoms with Gasteiger partial charge in [0.2, 0.25) is 15.9 Å². The maximum atomic E-state index is 12.8. The molecule has 1 atom stereocenters. The van der Waals surface area contributed by atoms with Gasteiger partial charge in [-0.3, -0.25) is 4.79 Å². The molecule has 0 radical (unpaired) electrons. The van der Waals surface area contributed by atoms with Crippen molar-refractivity contribution in [3.63, 3.8) is 0 Å². The van der Waals surface area contributed by atoms with Gasteiger partial charge in [0.1, 0.15) is 5.75 Å². The second-order valence-corrected chi connectivity index (χ2v) is 9.86. The molecule has 162 valence electrons. The van der Waals surface area contributed by atoms with E-state index < -0.39 is 10.0 Å². The SMILES string of the molecule is COc1ccccc1[C@@H](C)NC(=O)C1CCN(S(=O)(=O)Cc2cccc(C)c2)CC1. The third kappa shape index (κ3) is 5.40. The number of sulfonamides is 1. The van der Waals surface area contributed by atoms with Gasteiger partial charge in [-0.25, -0.2) is 12.7 Å². The number of nitrogens with zero attached hydrogens (tertiary/aromatic N) is 1. The molecule has 3 rings (SSSR count). The van der Waals surface area contributed by atoms with Crippen LogP contribution >= 0.6 is 0 Å². The number of carbonyl (C=O) groups is 1. The summed E-state index contributed by atoms with van der Waals surface area (Å²) in [5, 5.41) is 3.05. The highest BCUT2D eigenvalue weighted by atomic mass is 32.2. The highest BCUT2D eigenvalue weighted by Gasteiger charge is 2.31. The van der Waals surface area contributed by atoms with Gasteiger partial charge in [-0.1, -0.05) is 48.0 Å². The number of hydrogen-bond acceptors (Lipinski definition) is 4. The summed E-state index contributed by atoms with van der Waals surface area (Å²) in [5.41, 5.74) is 2.76. The Hall–Kier alpha value is -2.38. The lowest BCUT2D eigenvalue weighted by atomic mass is 9.96. The van der Waals surface area contributed by atoms with Gasteiger partial charge in [0, 0.05) is 24.6 Å². The van der Waals surface area contributed by atoms with E-state index in [0.717, 1.165) is 22.4 Å². The van der Waals surface area contributed by atoms with Gasteiger partial charge in [0.25, 0.3) is 0 Å². The smallest absolute Gasteiger partial charge is 0.223 e. The molecule has 0 aromatic heterocycles. The molecular formula is C23H30N2O4S. The number of amides is 1. The summed E-state index contributed by atoms with van der Waals surface area (Å²) in [6.07, 6.45) is 1.05. The molecular weight excluding hydrogens is 400 g/mol. The predicted molar refractivity (Wildman–Crippen MR) is 118 cm³/mol. The van der Waals surface area contributed by atoms with Gasteiger partial charge in [0.15, 0.2) is 0 Å². The third-order valence-electron chi connectivity index (χ3n) is 5.61. The molecule has 1 fully saturated rings. The van der Waals surface area contributed by atoms with Crippen LogP contribution in [0.3, 0.4) is 0 Å². The lowest BCUT2D eigenvalue weighted by Crippen LogP contribution is -2.43. The van der Waals surface area contributed by atoms with E-state index in [1.165, 1.54) is 4.31 Å². The van der Waals surface area contributed by atoms with Crippen LogP contribution < -0.4 is 10.1 Å². The van der Waals surface area contributed by atoms with E-state index in [4.69, 9.17) is 4.74 Å². The molecule has 2 aromatic rings. The van der Waals surface area contributed by atoms with Crippen molar-refractivity contribution in [3.8, 4) is 5.75 Å². The highest BCUT2D eigenvalue weighted by molar-refractivity contribution is 7.88. The van der Waals surface area contributed by atoms with Crippen molar-refractivity contribution >= 4 is 15.9 Å². The highest BCUT2D eigenvalue weighted by Crippen LogP contribution is 2.26. The van der Waals surface area contributed by atoms with E-state index in [2.05, 4.69) is 5.32 Å². The second-order valence-electron chi connectivity index (χ2n) is 7.89. The molecule has 0 spiro atoms. The van der Waals surface area contributed by atoms with Crippen LogP contribution in [-0.4, -0.2) is 38.8 Å². The number of rotatable bonds is 7. The number of piperidine rings is 1. The van der Waals surface area contributed by atoms with Crippen LogP contribution in [0, 0.1) is 12.8 Å². The number of para-hydroxylation sites is 1. The van der Waals surface area contributed by atoms with Gasteiger partial charge in [-0.2, -0.15) is 0 Å². The summed E-state index contributed by atoms with van der Waals surface area (Å²) >= 11 is 0. The Morgan fingerprint density at radius 3 is 2.53 bits per heavy atom. The Bertz CT molecular complexity index is 982. The zero-order valence-corrected chi connectivity index (χ0v) is 18.6. The molecule has 1 amide bonds. The van der Waals surface area contributed by atoms with Crippen molar-refractivity contribution in [2.75, 3.05) is 20.2 Å². The van der Waals surface area contributed by atoms with Crippen molar-refractivity contribution in [2.24, 2.45) is 5.92 Å². The number of benzene rings is 2. The fourth-order valence-electron chi connectivity index (χ4n) is 3.93. The Morgan fingerprint density at radius 1 is 1.17 bits per heavy atom. The standard InChI is InChI=1S/C23H30N2O4S/c1-17-7-6-8-19(15-17)16-30(27,28)25-13-11-20(12-14-25)23(26)24-18(2)21-9-4-5-10-22(21)29-3/h4-10,15,18,20H,11-14,16H2,1-3H3,(H,24,26)/t18-/m1/s1. The van der Waals surface area contributed by atoms with E-state index in [-0.39, 0.29) is 23.6 Å². The minimum absolute atomic E-state index is 0.00359. The van der Waals surface area contributed by atoms with Crippen molar-refractivity contribution in [1.29, 1.82) is 0 Å². The van der Waals surface area contributed by atoms with Crippen LogP contribution in [0.4, 0.5) is 0 Å². The molecule has 0 saturated carbocycles. The Kier molecular flexibility index (Phi) is 7.15. The summed E-state index contributed by atoms with van der Waals surface area (Å²) in [6, 6.07) is 15.0. The minimum Gasteiger partial charge on any atom is -0.496 e. The number of ether oxygens (including phenoxy) is 1. The lowest BCUT2D eigenvalue weighted by Gasteiger charge is -2.31. The van der Waals surface area contributed by atoms with E-state index in [1.807, 2.05) is 62.4 Å². The number of aryl methyl sites for hydroxylation is 1. The van der Waals surface area contributed by atoms with Gasteiger partial charge < -0.3 is 10.1 Å². The predicted octanol–water partition coefficient (Wildman–Crippen LogP) is 3.42. The summed E-state index contributed by atoms with van der Waals surface area (Å²) < 4.78 is 32.5. The van der Waals surface area contributed by atoms with Crippen LogP contribution in [0.2, 0.25) is 0 Å². The second kappa shape index (κ2) is 9.62. The maximum Gasteiger partial charge on any atom is 0.223 e. The first kappa shape index (κ1) is 22.3. The molecule has 0 aliphatic carbocycles. The third-order valence-corrected chi connectivity index (χ3v) is 7.46. The summed E-state index contributed by atoms with van der Waals surface area (Å²) in [5.74, 6) is 0.509. The van der Waals surface area contributed by atoms with Crippen LogP contribution in [-0.2, 0) is 20.6 Å². The fourth-order valence-corrected chi connectivity index (χ4v) is 5.48. The van der Waals surface area contributed by atoms with Gasteiger partial charge >= 0.3 is 0 Å². The van der Waals surface area contributed by atoms with Gasteiger partial charge in [0.05, 0.1) is 18.9 Å².